The van der Waals surface area contributed by atoms with Crippen LogP contribution in [0.2, 0.25) is 5.02 Å². The third-order valence-corrected chi connectivity index (χ3v) is 4.86. The Hall–Kier alpha value is -1.95. The molecule has 25 heavy (non-hydrogen) atoms. The van der Waals surface area contributed by atoms with Crippen LogP contribution in [-0.2, 0) is 4.74 Å². The van der Waals surface area contributed by atoms with Crippen LogP contribution in [0.1, 0.15) is 47.7 Å². The van der Waals surface area contributed by atoms with Gasteiger partial charge in [0.1, 0.15) is 16.6 Å². The Morgan fingerprint density at radius 3 is 2.56 bits per heavy atom. The number of benzene rings is 1. The van der Waals surface area contributed by atoms with Gasteiger partial charge >= 0.3 is 5.97 Å². The van der Waals surface area contributed by atoms with E-state index >= 15 is 0 Å². The van der Waals surface area contributed by atoms with Gasteiger partial charge in [0.25, 0.3) is 0 Å². The van der Waals surface area contributed by atoms with Gasteiger partial charge in [-0.25, -0.2) is 4.79 Å². The van der Waals surface area contributed by atoms with Crippen molar-refractivity contribution in [2.45, 2.75) is 32.5 Å². The van der Waals surface area contributed by atoms with Crippen molar-refractivity contribution in [2.24, 2.45) is 0 Å². The molecule has 6 heteroatoms. The average molecular weight is 376 g/mol. The zero-order chi connectivity index (χ0) is 18.2. The summed E-state index contributed by atoms with van der Waals surface area (Å²) in [6.07, 6.45) is 2.45. The molecule has 3 aromatic rings. The number of aliphatic hydroxyl groups is 1. The first-order valence-corrected chi connectivity index (χ1v) is 8.98. The molecule has 3 rings (SSSR count). The number of carbonyl (C=O) groups is 1. The topological polar surface area (TPSA) is 59.4 Å². The molecule has 4 nitrogen and oxygen atoms in total. The van der Waals surface area contributed by atoms with Gasteiger partial charge in [-0.2, -0.15) is 0 Å². The van der Waals surface area contributed by atoms with E-state index in [1.165, 1.54) is 11.3 Å². The van der Waals surface area contributed by atoms with Crippen LogP contribution in [0.4, 0.5) is 0 Å². The number of aliphatic hydroxyl groups excluding tert-OH is 1. The van der Waals surface area contributed by atoms with Crippen molar-refractivity contribution in [3.8, 4) is 0 Å². The van der Waals surface area contributed by atoms with Gasteiger partial charge in [0, 0.05) is 28.4 Å². The number of thiophene rings is 1. The van der Waals surface area contributed by atoms with Crippen LogP contribution in [0.25, 0.3) is 10.1 Å². The second-order valence-electron chi connectivity index (χ2n) is 6.71. The van der Waals surface area contributed by atoms with E-state index in [1.807, 2.05) is 20.8 Å². The number of pyridine rings is 1. The predicted molar refractivity (Wildman–Crippen MR) is 100 cm³/mol. The number of fused-ring (bicyclic) bond motifs is 1. The fraction of sp³-hybridized carbons (Fsp3) is 0.263. The standard InChI is InChI=1S/C19H18ClNO3S/c1-19(2,3)24-18(23)15-8-13-14(9-21-10-16(13)25-15)17(22)11-4-6-12(20)7-5-11/h4-10,17,22H,1-3H3. The average Bonchev–Trinajstić information content (AvgIpc) is 2.97. The Morgan fingerprint density at radius 2 is 1.92 bits per heavy atom. The molecule has 0 aliphatic carbocycles. The first-order valence-electron chi connectivity index (χ1n) is 7.79. The van der Waals surface area contributed by atoms with Gasteiger partial charge in [-0.1, -0.05) is 23.7 Å². The molecule has 0 radical (unpaired) electrons. The molecule has 2 heterocycles. The van der Waals surface area contributed by atoms with E-state index in [2.05, 4.69) is 4.98 Å². The fourth-order valence-electron chi connectivity index (χ4n) is 2.45. The highest BCUT2D eigenvalue weighted by molar-refractivity contribution is 7.20. The van der Waals surface area contributed by atoms with Crippen molar-refractivity contribution < 1.29 is 14.6 Å². The fourth-order valence-corrected chi connectivity index (χ4v) is 3.52. The van der Waals surface area contributed by atoms with Gasteiger partial charge in [-0.3, -0.25) is 4.98 Å². The van der Waals surface area contributed by atoms with E-state index in [-0.39, 0.29) is 5.97 Å². The van der Waals surface area contributed by atoms with Crippen molar-refractivity contribution in [3.63, 3.8) is 0 Å². The Kier molecular flexibility index (Phi) is 4.82. The summed E-state index contributed by atoms with van der Waals surface area (Å²) in [5.41, 5.74) is 0.798. The first kappa shape index (κ1) is 17.9. The maximum absolute atomic E-state index is 12.3. The minimum absolute atomic E-state index is 0.374. The predicted octanol–water partition coefficient (Wildman–Crippen LogP) is 4.99. The lowest BCUT2D eigenvalue weighted by Crippen LogP contribution is -2.23. The van der Waals surface area contributed by atoms with Crippen molar-refractivity contribution >= 4 is 39.0 Å². The number of ether oxygens (including phenoxy) is 1. The molecule has 1 atom stereocenters. The highest BCUT2D eigenvalue weighted by Gasteiger charge is 2.22. The first-order chi connectivity index (χ1) is 11.7. The summed E-state index contributed by atoms with van der Waals surface area (Å²) in [6, 6.07) is 8.75. The maximum atomic E-state index is 12.3. The van der Waals surface area contributed by atoms with Crippen LogP contribution in [0.5, 0.6) is 0 Å². The van der Waals surface area contributed by atoms with Crippen LogP contribution < -0.4 is 0 Å². The number of esters is 1. The number of hydrogen-bond donors (Lipinski definition) is 1. The molecule has 0 aliphatic rings. The highest BCUT2D eigenvalue weighted by Crippen LogP contribution is 2.34. The van der Waals surface area contributed by atoms with E-state index in [0.29, 0.717) is 21.0 Å². The number of carbonyl (C=O) groups excluding carboxylic acids is 1. The molecule has 0 saturated heterocycles. The molecule has 0 saturated carbocycles. The Labute approximate surface area is 155 Å². The summed E-state index contributed by atoms with van der Waals surface area (Å²) in [4.78, 5) is 17.0. The largest absolute Gasteiger partial charge is 0.456 e. The third kappa shape index (κ3) is 4.00. The normalized spacial score (nSPS) is 13.0. The molecule has 1 N–H and O–H groups in total. The number of aromatic nitrogens is 1. The van der Waals surface area contributed by atoms with Crippen LogP contribution in [0.15, 0.2) is 42.7 Å². The van der Waals surface area contributed by atoms with Crippen LogP contribution in [-0.4, -0.2) is 21.7 Å². The minimum Gasteiger partial charge on any atom is -0.456 e. The molecule has 1 aromatic carbocycles. The lowest BCUT2D eigenvalue weighted by atomic mass is 10.0. The second kappa shape index (κ2) is 6.75. The highest BCUT2D eigenvalue weighted by atomic mass is 35.5. The third-order valence-electron chi connectivity index (χ3n) is 3.56. The van der Waals surface area contributed by atoms with E-state index < -0.39 is 11.7 Å². The Bertz CT molecular complexity index is 913. The number of rotatable bonds is 3. The SMILES string of the molecule is CC(C)(C)OC(=O)c1cc2c(C(O)c3ccc(Cl)cc3)cncc2s1. The molecular formula is C19H18ClNO3S. The zero-order valence-electron chi connectivity index (χ0n) is 14.1. The maximum Gasteiger partial charge on any atom is 0.348 e. The quantitative estimate of drug-likeness (QED) is 0.655. The summed E-state index contributed by atoms with van der Waals surface area (Å²) in [6.45, 7) is 5.49. The van der Waals surface area contributed by atoms with Gasteiger partial charge < -0.3 is 9.84 Å². The molecular weight excluding hydrogens is 358 g/mol. The number of halogens is 1. The van der Waals surface area contributed by atoms with Crippen molar-refractivity contribution in [1.29, 1.82) is 0 Å². The Morgan fingerprint density at radius 1 is 1.24 bits per heavy atom. The summed E-state index contributed by atoms with van der Waals surface area (Å²) in [5, 5.41) is 12.1. The van der Waals surface area contributed by atoms with Gasteiger partial charge in [0.05, 0.1) is 4.70 Å². The molecule has 0 amide bonds. The summed E-state index contributed by atoms with van der Waals surface area (Å²) < 4.78 is 6.25. The van der Waals surface area contributed by atoms with Gasteiger partial charge in [0.2, 0.25) is 0 Å². The van der Waals surface area contributed by atoms with Crippen molar-refractivity contribution in [1.82, 2.24) is 4.98 Å². The molecule has 130 valence electrons. The monoisotopic (exact) mass is 375 g/mol. The van der Waals surface area contributed by atoms with Crippen LogP contribution >= 0.6 is 22.9 Å². The Balaban J connectivity index is 1.99. The lowest BCUT2D eigenvalue weighted by Gasteiger charge is -2.18. The van der Waals surface area contributed by atoms with E-state index in [0.717, 1.165) is 10.1 Å². The van der Waals surface area contributed by atoms with Gasteiger partial charge in [-0.05, 0) is 44.5 Å². The summed E-state index contributed by atoms with van der Waals surface area (Å²) >= 11 is 7.21. The molecule has 1 unspecified atom stereocenters. The number of hydrogen-bond acceptors (Lipinski definition) is 5. The van der Waals surface area contributed by atoms with E-state index in [9.17, 15) is 9.90 Å². The second-order valence-corrected chi connectivity index (χ2v) is 8.23. The minimum atomic E-state index is -0.852. The van der Waals surface area contributed by atoms with Crippen molar-refractivity contribution in [2.75, 3.05) is 0 Å². The smallest absolute Gasteiger partial charge is 0.348 e. The zero-order valence-corrected chi connectivity index (χ0v) is 15.7. The lowest BCUT2D eigenvalue weighted by molar-refractivity contribution is 0.00753. The summed E-state index contributed by atoms with van der Waals surface area (Å²) in [7, 11) is 0. The summed E-state index contributed by atoms with van der Waals surface area (Å²) in [5.74, 6) is -0.374. The van der Waals surface area contributed by atoms with Crippen LogP contribution in [0, 0.1) is 0 Å². The van der Waals surface area contributed by atoms with E-state index in [4.69, 9.17) is 16.3 Å². The van der Waals surface area contributed by atoms with Gasteiger partial charge in [0.15, 0.2) is 0 Å². The van der Waals surface area contributed by atoms with Crippen LogP contribution in [0.3, 0.4) is 0 Å². The molecule has 2 aromatic heterocycles. The molecule has 0 bridgehead atoms. The van der Waals surface area contributed by atoms with E-state index in [1.54, 1.807) is 42.7 Å². The van der Waals surface area contributed by atoms with Crippen molar-refractivity contribution in [3.05, 3.63) is 63.8 Å². The molecule has 0 aliphatic heterocycles. The van der Waals surface area contributed by atoms with Gasteiger partial charge in [-0.15, -0.1) is 11.3 Å². The molecule has 0 fully saturated rings. The molecule has 0 spiro atoms. The number of nitrogens with zero attached hydrogens (tertiary/aromatic N) is 1.